The maximum absolute atomic E-state index is 13.0. The molecule has 1 N–H and O–H groups in total. The van der Waals surface area contributed by atoms with E-state index in [0.717, 1.165) is 24.2 Å². The first-order valence-corrected chi connectivity index (χ1v) is 11.2. The van der Waals surface area contributed by atoms with Gasteiger partial charge in [-0.2, -0.15) is 4.68 Å². The highest BCUT2D eigenvalue weighted by atomic mass is 16.5. The Balaban J connectivity index is 1.46. The number of carbonyl (C=O) groups excluding carboxylic acids is 1. The van der Waals surface area contributed by atoms with E-state index in [2.05, 4.69) is 15.3 Å². The number of aryl methyl sites for hydroxylation is 1. The Morgan fingerprint density at radius 3 is 2.47 bits per heavy atom. The number of anilines is 2. The largest absolute Gasteiger partial charge is 0.497 e. The number of aromatic nitrogens is 2. The third-order valence-electron chi connectivity index (χ3n) is 5.82. The maximum Gasteiger partial charge on any atom is 0.322 e. The lowest BCUT2D eigenvalue weighted by Crippen LogP contribution is -2.38. The minimum atomic E-state index is -0.203. The summed E-state index contributed by atoms with van der Waals surface area (Å²) in [5.74, 6) is 1.90. The van der Waals surface area contributed by atoms with Crippen molar-refractivity contribution in [3.05, 3.63) is 70.5 Å². The van der Waals surface area contributed by atoms with Crippen LogP contribution in [0, 0.1) is 6.92 Å². The van der Waals surface area contributed by atoms with E-state index in [1.165, 1.54) is 10.7 Å². The molecule has 1 aliphatic heterocycles. The van der Waals surface area contributed by atoms with Gasteiger partial charge in [-0.15, -0.1) is 5.10 Å². The summed E-state index contributed by atoms with van der Waals surface area (Å²) in [6, 6.07) is 16.0. The number of urea groups is 1. The second kappa shape index (κ2) is 10.3. The van der Waals surface area contributed by atoms with Crippen LogP contribution in [0.1, 0.15) is 12.0 Å². The molecule has 34 heavy (non-hydrogen) atoms. The number of amides is 2. The average molecular weight is 464 g/mol. The monoisotopic (exact) mass is 463 g/mol. The second-order valence-corrected chi connectivity index (χ2v) is 8.10. The van der Waals surface area contributed by atoms with E-state index < -0.39 is 0 Å². The molecule has 0 aliphatic carbocycles. The van der Waals surface area contributed by atoms with Crippen LogP contribution in [0.3, 0.4) is 0 Å². The van der Waals surface area contributed by atoms with E-state index in [1.54, 1.807) is 43.4 Å². The fourth-order valence-electron chi connectivity index (χ4n) is 3.90. The zero-order valence-corrected chi connectivity index (χ0v) is 19.7. The van der Waals surface area contributed by atoms with Crippen molar-refractivity contribution in [3.8, 4) is 17.2 Å². The first-order valence-electron chi connectivity index (χ1n) is 11.2. The molecule has 1 aliphatic rings. The molecule has 0 spiro atoms. The van der Waals surface area contributed by atoms with Gasteiger partial charge in [0, 0.05) is 38.3 Å². The van der Waals surface area contributed by atoms with Gasteiger partial charge in [0.2, 0.25) is 0 Å². The van der Waals surface area contributed by atoms with Gasteiger partial charge in [0.1, 0.15) is 17.3 Å². The molecule has 0 unspecified atom stereocenters. The molecule has 0 bridgehead atoms. The lowest BCUT2D eigenvalue weighted by atomic mass is 10.2. The van der Waals surface area contributed by atoms with E-state index in [1.807, 2.05) is 31.2 Å². The SMILES string of the molecule is COc1ccc(OC)c(NC(=O)N2CCCN(c3ccc(=O)n(-c4ccc(C)cc4)n3)CC2)c1. The van der Waals surface area contributed by atoms with Crippen molar-refractivity contribution in [2.75, 3.05) is 50.6 Å². The van der Waals surface area contributed by atoms with Crippen LogP contribution in [0.2, 0.25) is 0 Å². The molecule has 1 aromatic heterocycles. The normalized spacial score (nSPS) is 13.9. The zero-order chi connectivity index (χ0) is 24.1. The lowest BCUT2D eigenvalue weighted by Gasteiger charge is -2.23. The Morgan fingerprint density at radius 1 is 0.941 bits per heavy atom. The number of rotatable bonds is 5. The minimum Gasteiger partial charge on any atom is -0.497 e. The zero-order valence-electron chi connectivity index (χ0n) is 19.7. The predicted molar refractivity (Wildman–Crippen MR) is 132 cm³/mol. The molecule has 4 rings (SSSR count). The molecular formula is C25H29N5O4. The molecular weight excluding hydrogens is 434 g/mol. The van der Waals surface area contributed by atoms with Gasteiger partial charge in [0.25, 0.3) is 5.56 Å². The standard InChI is InChI=1S/C25H29N5O4/c1-18-5-7-19(8-6-18)30-24(31)12-11-23(27-30)28-13-4-14-29(16-15-28)25(32)26-21-17-20(33-2)9-10-22(21)34-3/h5-12,17H,4,13-16H2,1-3H3,(H,26,32). The highest BCUT2D eigenvalue weighted by molar-refractivity contribution is 5.91. The first kappa shape index (κ1) is 23.2. The maximum atomic E-state index is 13.0. The highest BCUT2D eigenvalue weighted by Crippen LogP contribution is 2.29. The smallest absolute Gasteiger partial charge is 0.322 e. The number of benzene rings is 2. The van der Waals surface area contributed by atoms with Crippen LogP contribution in [0.15, 0.2) is 59.4 Å². The third kappa shape index (κ3) is 5.14. The van der Waals surface area contributed by atoms with Gasteiger partial charge in [0.15, 0.2) is 0 Å². The lowest BCUT2D eigenvalue weighted by molar-refractivity contribution is 0.215. The molecule has 0 radical (unpaired) electrons. The van der Waals surface area contributed by atoms with Crippen molar-refractivity contribution in [2.24, 2.45) is 0 Å². The molecule has 9 nitrogen and oxygen atoms in total. The number of methoxy groups -OCH3 is 2. The summed E-state index contributed by atoms with van der Waals surface area (Å²) >= 11 is 0. The minimum absolute atomic E-state index is 0.185. The van der Waals surface area contributed by atoms with Crippen molar-refractivity contribution < 1.29 is 14.3 Å². The van der Waals surface area contributed by atoms with E-state index in [9.17, 15) is 9.59 Å². The summed E-state index contributed by atoms with van der Waals surface area (Å²) in [6.07, 6.45) is 0.772. The Bertz CT molecular complexity index is 1210. The quantitative estimate of drug-likeness (QED) is 0.625. The van der Waals surface area contributed by atoms with Crippen molar-refractivity contribution in [1.82, 2.24) is 14.7 Å². The summed E-state index contributed by atoms with van der Waals surface area (Å²) in [6.45, 7) is 4.45. The van der Waals surface area contributed by atoms with E-state index in [4.69, 9.17) is 9.47 Å². The van der Waals surface area contributed by atoms with Gasteiger partial charge in [-0.1, -0.05) is 17.7 Å². The van der Waals surface area contributed by atoms with Crippen LogP contribution in [-0.4, -0.2) is 61.1 Å². The molecule has 3 aromatic rings. The molecule has 2 aromatic carbocycles. The summed E-state index contributed by atoms with van der Waals surface area (Å²) < 4.78 is 12.0. The van der Waals surface area contributed by atoms with Gasteiger partial charge >= 0.3 is 6.03 Å². The fraction of sp³-hybridized carbons (Fsp3) is 0.320. The highest BCUT2D eigenvalue weighted by Gasteiger charge is 2.21. The summed E-state index contributed by atoms with van der Waals surface area (Å²) in [4.78, 5) is 29.3. The van der Waals surface area contributed by atoms with Crippen LogP contribution in [0.25, 0.3) is 5.69 Å². The number of nitrogens with zero attached hydrogens (tertiary/aromatic N) is 4. The van der Waals surface area contributed by atoms with Crippen LogP contribution in [-0.2, 0) is 0 Å². The van der Waals surface area contributed by atoms with Crippen molar-refractivity contribution in [2.45, 2.75) is 13.3 Å². The molecule has 0 atom stereocenters. The van der Waals surface area contributed by atoms with Gasteiger partial charge in [-0.25, -0.2) is 4.79 Å². The summed E-state index contributed by atoms with van der Waals surface area (Å²) in [5.41, 5.74) is 2.21. The molecule has 2 amide bonds. The van der Waals surface area contributed by atoms with E-state index in [-0.39, 0.29) is 11.6 Å². The summed E-state index contributed by atoms with van der Waals surface area (Å²) in [7, 11) is 3.14. The Hall–Kier alpha value is -4.01. The number of hydrogen-bond acceptors (Lipinski definition) is 6. The molecule has 178 valence electrons. The number of nitrogens with one attached hydrogen (secondary N) is 1. The topological polar surface area (TPSA) is 88.9 Å². The number of ether oxygens (including phenoxy) is 2. The van der Waals surface area contributed by atoms with Crippen LogP contribution in [0.5, 0.6) is 11.5 Å². The predicted octanol–water partition coefficient (Wildman–Crippen LogP) is 3.30. The fourth-order valence-corrected chi connectivity index (χ4v) is 3.90. The van der Waals surface area contributed by atoms with Crippen LogP contribution < -0.4 is 25.2 Å². The van der Waals surface area contributed by atoms with Crippen molar-refractivity contribution >= 4 is 17.5 Å². The van der Waals surface area contributed by atoms with Crippen molar-refractivity contribution in [3.63, 3.8) is 0 Å². The van der Waals surface area contributed by atoms with E-state index in [0.29, 0.717) is 42.6 Å². The number of hydrogen-bond donors (Lipinski definition) is 1. The molecule has 1 saturated heterocycles. The molecule has 2 heterocycles. The Labute approximate surface area is 198 Å². The van der Waals surface area contributed by atoms with Crippen LogP contribution >= 0.6 is 0 Å². The Kier molecular flexibility index (Phi) is 7.01. The van der Waals surface area contributed by atoms with E-state index >= 15 is 0 Å². The number of carbonyl (C=O) groups is 1. The van der Waals surface area contributed by atoms with Gasteiger partial charge < -0.3 is 24.6 Å². The van der Waals surface area contributed by atoms with Gasteiger partial charge in [-0.05, 0) is 43.7 Å². The molecule has 0 saturated carbocycles. The Morgan fingerprint density at radius 2 is 1.74 bits per heavy atom. The second-order valence-electron chi connectivity index (χ2n) is 8.10. The first-order chi connectivity index (χ1) is 16.5. The average Bonchev–Trinajstić information content (AvgIpc) is 3.11. The third-order valence-corrected chi connectivity index (χ3v) is 5.82. The van der Waals surface area contributed by atoms with Gasteiger partial charge in [-0.3, -0.25) is 4.79 Å². The van der Waals surface area contributed by atoms with Crippen LogP contribution in [0.4, 0.5) is 16.3 Å². The molecule has 9 heteroatoms. The van der Waals surface area contributed by atoms with Crippen molar-refractivity contribution in [1.29, 1.82) is 0 Å². The molecule has 1 fully saturated rings. The summed E-state index contributed by atoms with van der Waals surface area (Å²) in [5, 5.41) is 7.53. The van der Waals surface area contributed by atoms with Gasteiger partial charge in [0.05, 0.1) is 25.6 Å².